The van der Waals surface area contributed by atoms with Crippen LogP contribution in [0.5, 0.6) is 5.75 Å². The lowest BCUT2D eigenvalue weighted by atomic mass is 10.1. The van der Waals surface area contributed by atoms with Gasteiger partial charge in [0.15, 0.2) is 0 Å². The molecule has 0 bridgehead atoms. The zero-order chi connectivity index (χ0) is 25.3. The molecule has 3 aromatic carbocycles. The van der Waals surface area contributed by atoms with Crippen molar-refractivity contribution in [3.05, 3.63) is 90.0 Å². The Balaban J connectivity index is 1.71. The first-order chi connectivity index (χ1) is 16.8. The van der Waals surface area contributed by atoms with E-state index < -0.39 is 15.9 Å². The number of carbonyl (C=O) groups is 1. The Labute approximate surface area is 206 Å². The molecule has 0 saturated heterocycles. The fourth-order valence-corrected chi connectivity index (χ4v) is 4.71. The summed E-state index contributed by atoms with van der Waals surface area (Å²) in [5.74, 6) is 0.0155. The molecule has 0 aliphatic carbocycles. The molecule has 0 unspecified atom stereocenters. The van der Waals surface area contributed by atoms with E-state index in [4.69, 9.17) is 4.74 Å². The molecule has 9 heteroatoms. The van der Waals surface area contributed by atoms with E-state index in [1.807, 2.05) is 73.6 Å². The average Bonchev–Trinajstić information content (AvgIpc) is 2.87. The third kappa shape index (κ3) is 7.40. The first kappa shape index (κ1) is 25.9. The van der Waals surface area contributed by atoms with Gasteiger partial charge in [-0.15, -0.1) is 0 Å². The number of methoxy groups -OCH3 is 1. The lowest BCUT2D eigenvalue weighted by Gasteiger charge is -2.21. The number of hydrazone groups is 1. The number of nitrogens with zero attached hydrogens (tertiary/aromatic N) is 3. The van der Waals surface area contributed by atoms with Gasteiger partial charge in [-0.2, -0.15) is 9.41 Å². The fraction of sp³-hybridized carbons (Fsp3) is 0.231. The summed E-state index contributed by atoms with van der Waals surface area (Å²) in [6.07, 6.45) is 1.98. The number of ether oxygens (including phenoxy) is 1. The fourth-order valence-electron chi connectivity index (χ4n) is 3.31. The van der Waals surface area contributed by atoms with Gasteiger partial charge in [-0.05, 0) is 53.9 Å². The average molecular weight is 495 g/mol. The highest BCUT2D eigenvalue weighted by molar-refractivity contribution is 7.89. The Morgan fingerprint density at radius 3 is 2.23 bits per heavy atom. The van der Waals surface area contributed by atoms with E-state index in [1.54, 1.807) is 12.1 Å². The monoisotopic (exact) mass is 494 g/mol. The number of benzene rings is 3. The second-order valence-electron chi connectivity index (χ2n) is 8.03. The lowest BCUT2D eigenvalue weighted by molar-refractivity contribution is -0.121. The zero-order valence-corrected chi connectivity index (χ0v) is 20.9. The van der Waals surface area contributed by atoms with Crippen molar-refractivity contribution in [3.63, 3.8) is 0 Å². The Morgan fingerprint density at radius 2 is 1.63 bits per heavy atom. The molecule has 0 aliphatic rings. The van der Waals surface area contributed by atoms with Crippen LogP contribution in [0.25, 0.3) is 0 Å². The maximum atomic E-state index is 13.3. The summed E-state index contributed by atoms with van der Waals surface area (Å²) < 4.78 is 33.0. The number of sulfonamides is 1. The van der Waals surface area contributed by atoms with Crippen molar-refractivity contribution >= 4 is 27.8 Å². The summed E-state index contributed by atoms with van der Waals surface area (Å²) in [6.45, 7) is -0.223. The van der Waals surface area contributed by atoms with Gasteiger partial charge in [0.05, 0.1) is 24.8 Å². The molecule has 0 fully saturated rings. The van der Waals surface area contributed by atoms with Gasteiger partial charge >= 0.3 is 0 Å². The largest absolute Gasteiger partial charge is 0.497 e. The van der Waals surface area contributed by atoms with E-state index in [-0.39, 0.29) is 18.0 Å². The van der Waals surface area contributed by atoms with E-state index in [1.165, 1.54) is 29.8 Å². The highest BCUT2D eigenvalue weighted by atomic mass is 32.2. The van der Waals surface area contributed by atoms with Crippen molar-refractivity contribution < 1.29 is 17.9 Å². The van der Waals surface area contributed by atoms with Crippen molar-refractivity contribution in [2.75, 3.05) is 39.2 Å². The van der Waals surface area contributed by atoms with Crippen LogP contribution in [0.4, 0.5) is 5.69 Å². The molecular formula is C26H30N4O4S. The standard InChI is InChI=1S/C26H30N4O4S/c1-29(2)23-11-9-22(10-12-23)19-27-28-26(31)20-30(18-17-21-7-5-4-6-8-21)35(32,33)25-15-13-24(34-3)14-16-25/h4-16,19H,17-18,20H2,1-3H3,(H,28,31)/b27-19+. The van der Waals surface area contributed by atoms with Gasteiger partial charge in [0.2, 0.25) is 10.0 Å². The van der Waals surface area contributed by atoms with E-state index in [2.05, 4.69) is 10.5 Å². The van der Waals surface area contributed by atoms with Gasteiger partial charge in [0, 0.05) is 26.3 Å². The number of carbonyl (C=O) groups excluding carboxylic acids is 1. The van der Waals surface area contributed by atoms with E-state index in [9.17, 15) is 13.2 Å². The summed E-state index contributed by atoms with van der Waals surface area (Å²) in [7, 11) is 1.49. The van der Waals surface area contributed by atoms with Gasteiger partial charge in [0.25, 0.3) is 5.91 Å². The first-order valence-electron chi connectivity index (χ1n) is 11.1. The molecule has 0 spiro atoms. The number of anilines is 1. The van der Waals surface area contributed by atoms with Crippen LogP contribution in [0.15, 0.2) is 88.9 Å². The molecule has 0 heterocycles. The van der Waals surface area contributed by atoms with Gasteiger partial charge < -0.3 is 9.64 Å². The lowest BCUT2D eigenvalue weighted by Crippen LogP contribution is -2.40. The minimum atomic E-state index is -3.92. The van der Waals surface area contributed by atoms with Crippen LogP contribution >= 0.6 is 0 Å². The number of nitrogens with one attached hydrogen (secondary N) is 1. The van der Waals surface area contributed by atoms with Crippen LogP contribution in [-0.2, 0) is 21.2 Å². The predicted octanol–water partition coefficient (Wildman–Crippen LogP) is 3.14. The quantitative estimate of drug-likeness (QED) is 0.327. The smallest absolute Gasteiger partial charge is 0.255 e. The first-order valence-corrected chi connectivity index (χ1v) is 12.5. The molecule has 3 aromatic rings. The Hall–Kier alpha value is -3.69. The summed E-state index contributed by atoms with van der Waals surface area (Å²) in [6, 6.07) is 23.3. The summed E-state index contributed by atoms with van der Waals surface area (Å²) in [5.41, 5.74) is 5.26. The second-order valence-corrected chi connectivity index (χ2v) is 9.97. The molecule has 0 atom stereocenters. The number of hydrogen-bond donors (Lipinski definition) is 1. The van der Waals surface area contributed by atoms with Gasteiger partial charge in [-0.1, -0.05) is 42.5 Å². The minimum Gasteiger partial charge on any atom is -0.497 e. The summed E-state index contributed by atoms with van der Waals surface area (Å²) >= 11 is 0. The summed E-state index contributed by atoms with van der Waals surface area (Å²) in [4.78, 5) is 14.7. The molecule has 1 N–H and O–H groups in total. The van der Waals surface area contributed by atoms with Crippen LogP contribution in [0.2, 0.25) is 0 Å². The minimum absolute atomic E-state index is 0.0867. The third-order valence-corrected chi connectivity index (χ3v) is 7.18. The topological polar surface area (TPSA) is 91.3 Å². The number of amides is 1. The van der Waals surface area contributed by atoms with E-state index in [0.717, 1.165) is 16.8 Å². The van der Waals surface area contributed by atoms with Gasteiger partial charge in [-0.25, -0.2) is 13.8 Å². The zero-order valence-electron chi connectivity index (χ0n) is 20.1. The Bertz CT molecular complexity index is 1230. The SMILES string of the molecule is COc1ccc(S(=O)(=O)N(CCc2ccccc2)CC(=O)N/N=C/c2ccc(N(C)C)cc2)cc1. The molecular weight excluding hydrogens is 464 g/mol. The third-order valence-electron chi connectivity index (χ3n) is 5.32. The van der Waals surface area contributed by atoms with Crippen molar-refractivity contribution in [3.8, 4) is 5.75 Å². The molecule has 1 amide bonds. The van der Waals surface area contributed by atoms with Crippen LogP contribution in [0.3, 0.4) is 0 Å². The van der Waals surface area contributed by atoms with Crippen molar-refractivity contribution in [2.45, 2.75) is 11.3 Å². The highest BCUT2D eigenvalue weighted by Gasteiger charge is 2.26. The van der Waals surface area contributed by atoms with Crippen LogP contribution in [-0.4, -0.2) is 59.1 Å². The number of rotatable bonds is 11. The van der Waals surface area contributed by atoms with Crippen LogP contribution in [0, 0.1) is 0 Å². The molecule has 35 heavy (non-hydrogen) atoms. The van der Waals surface area contributed by atoms with Crippen molar-refractivity contribution in [1.82, 2.24) is 9.73 Å². The Kier molecular flexibility index (Phi) is 8.99. The van der Waals surface area contributed by atoms with Crippen molar-refractivity contribution in [1.29, 1.82) is 0 Å². The van der Waals surface area contributed by atoms with Crippen LogP contribution < -0.4 is 15.1 Å². The van der Waals surface area contributed by atoms with E-state index in [0.29, 0.717) is 12.2 Å². The molecule has 0 saturated carbocycles. The Morgan fingerprint density at radius 1 is 0.971 bits per heavy atom. The second kappa shape index (κ2) is 12.1. The molecule has 8 nitrogen and oxygen atoms in total. The predicted molar refractivity (Wildman–Crippen MR) is 138 cm³/mol. The maximum absolute atomic E-state index is 13.3. The molecule has 0 radical (unpaired) electrons. The van der Waals surface area contributed by atoms with Crippen molar-refractivity contribution in [2.24, 2.45) is 5.10 Å². The van der Waals surface area contributed by atoms with Gasteiger partial charge in [0.1, 0.15) is 5.75 Å². The summed E-state index contributed by atoms with van der Waals surface area (Å²) in [5, 5.41) is 3.99. The molecule has 0 aliphatic heterocycles. The molecule has 3 rings (SSSR count). The van der Waals surface area contributed by atoms with E-state index >= 15 is 0 Å². The highest BCUT2D eigenvalue weighted by Crippen LogP contribution is 2.20. The van der Waals surface area contributed by atoms with Gasteiger partial charge in [-0.3, -0.25) is 4.79 Å². The molecule has 0 aromatic heterocycles. The van der Waals surface area contributed by atoms with Crippen LogP contribution in [0.1, 0.15) is 11.1 Å². The molecule has 184 valence electrons. The number of hydrogen-bond acceptors (Lipinski definition) is 6. The normalized spacial score (nSPS) is 11.5. The maximum Gasteiger partial charge on any atom is 0.255 e.